The lowest BCUT2D eigenvalue weighted by atomic mass is 10.2. The fourth-order valence-corrected chi connectivity index (χ4v) is 3.45. The average molecular weight is 439 g/mol. The normalized spacial score (nSPS) is 11.3. The number of nitrogens with zero attached hydrogens (tertiary/aromatic N) is 2. The average Bonchev–Trinajstić information content (AvgIpc) is 2.82. The minimum atomic E-state index is -0.942. The molecule has 0 saturated heterocycles. The van der Waals surface area contributed by atoms with Crippen molar-refractivity contribution < 1.29 is 8.78 Å². The smallest absolute Gasteiger partial charge is 0.185 e. The van der Waals surface area contributed by atoms with Gasteiger partial charge >= 0.3 is 0 Å². The Labute approximate surface area is 142 Å². The second-order valence-electron chi connectivity index (χ2n) is 4.32. The molecule has 0 radical (unpaired) electrons. The maximum absolute atomic E-state index is 14.2. The van der Waals surface area contributed by atoms with Gasteiger partial charge < -0.3 is 0 Å². The molecule has 2 aromatic carbocycles. The van der Waals surface area contributed by atoms with Crippen LogP contribution in [0.25, 0.3) is 16.7 Å². The molecule has 7 heteroatoms. The van der Waals surface area contributed by atoms with Crippen LogP contribution in [-0.4, -0.2) is 9.55 Å². The summed E-state index contributed by atoms with van der Waals surface area (Å²) in [5.74, 6) is -1.35. The summed E-state index contributed by atoms with van der Waals surface area (Å²) in [6.45, 7) is 0. The van der Waals surface area contributed by atoms with Crippen molar-refractivity contribution in [3.63, 3.8) is 0 Å². The van der Waals surface area contributed by atoms with E-state index in [-0.39, 0.29) is 11.4 Å². The van der Waals surface area contributed by atoms with Gasteiger partial charge in [-0.25, -0.2) is 13.8 Å². The van der Waals surface area contributed by atoms with Crippen molar-refractivity contribution in [1.82, 2.24) is 9.55 Å². The van der Waals surface area contributed by atoms with Gasteiger partial charge in [-0.1, -0.05) is 11.6 Å². The van der Waals surface area contributed by atoms with Gasteiger partial charge in [0.15, 0.2) is 11.6 Å². The molecule has 3 aromatic rings. The van der Waals surface area contributed by atoms with Crippen LogP contribution in [0, 0.1) is 15.2 Å². The molecule has 3 rings (SSSR count). The molecule has 0 atom stereocenters. The van der Waals surface area contributed by atoms with E-state index in [9.17, 15) is 8.78 Å². The highest BCUT2D eigenvalue weighted by Gasteiger charge is 2.19. The zero-order chi connectivity index (χ0) is 15.1. The largest absolute Gasteiger partial charge is 0.291 e. The van der Waals surface area contributed by atoms with Gasteiger partial charge in [0.25, 0.3) is 0 Å². The van der Waals surface area contributed by atoms with Crippen LogP contribution in [0.15, 0.2) is 30.3 Å². The summed E-state index contributed by atoms with van der Waals surface area (Å²) >= 11 is 13.9. The summed E-state index contributed by atoms with van der Waals surface area (Å²) in [6.07, 6.45) is 0. The molecule has 0 aliphatic heterocycles. The molecule has 0 amide bonds. The lowest BCUT2D eigenvalue weighted by Gasteiger charge is -2.11. The molecule has 0 fully saturated rings. The molecule has 0 aliphatic rings. The lowest BCUT2D eigenvalue weighted by Crippen LogP contribution is -2.03. The summed E-state index contributed by atoms with van der Waals surface area (Å²) in [5.41, 5.74) is 1.09. The second-order valence-corrected chi connectivity index (χ2v) is 6.19. The molecule has 1 heterocycles. The van der Waals surface area contributed by atoms with E-state index in [1.807, 2.05) is 0 Å². The molecular formula is C14H7Cl2F2IN2. The monoisotopic (exact) mass is 438 g/mol. The van der Waals surface area contributed by atoms with Crippen molar-refractivity contribution in [2.45, 2.75) is 5.88 Å². The molecule has 2 nitrogen and oxygen atoms in total. The standard InChI is InChI=1S/C14H7Cl2F2IN2/c15-6-12-20-10-3-2-8(17)13(18)14(10)21(12)11-4-1-7(16)5-9(11)19/h1-5H,6H2. The number of imidazole rings is 1. The molecule has 0 saturated carbocycles. The van der Waals surface area contributed by atoms with Gasteiger partial charge in [0.2, 0.25) is 0 Å². The summed E-state index contributed by atoms with van der Waals surface area (Å²) in [6, 6.07) is 7.63. The highest BCUT2D eigenvalue weighted by molar-refractivity contribution is 14.1. The van der Waals surface area contributed by atoms with Crippen LogP contribution < -0.4 is 0 Å². The van der Waals surface area contributed by atoms with Crippen molar-refractivity contribution in [3.8, 4) is 5.69 Å². The topological polar surface area (TPSA) is 17.8 Å². The third kappa shape index (κ3) is 2.51. The van der Waals surface area contributed by atoms with Gasteiger partial charge in [-0.15, -0.1) is 11.6 Å². The van der Waals surface area contributed by atoms with E-state index in [1.165, 1.54) is 10.6 Å². The Bertz CT molecular complexity index is 849. The first kappa shape index (κ1) is 15.0. The number of aromatic nitrogens is 2. The van der Waals surface area contributed by atoms with E-state index in [1.54, 1.807) is 18.2 Å². The number of fused-ring (bicyclic) bond motifs is 1. The molecule has 0 unspecified atom stereocenters. The molecule has 108 valence electrons. The number of hydrogen-bond acceptors (Lipinski definition) is 1. The number of rotatable bonds is 2. The molecule has 21 heavy (non-hydrogen) atoms. The van der Waals surface area contributed by atoms with E-state index in [0.29, 0.717) is 22.1 Å². The Balaban J connectivity index is 2.42. The molecule has 0 spiro atoms. The fourth-order valence-electron chi connectivity index (χ4n) is 2.16. The van der Waals surface area contributed by atoms with Crippen LogP contribution in [-0.2, 0) is 5.88 Å². The zero-order valence-corrected chi connectivity index (χ0v) is 14.0. The molecule has 0 N–H and O–H groups in total. The van der Waals surface area contributed by atoms with Gasteiger partial charge in [-0.3, -0.25) is 4.57 Å². The highest BCUT2D eigenvalue weighted by Crippen LogP contribution is 2.30. The maximum atomic E-state index is 14.2. The molecule has 0 aliphatic carbocycles. The van der Waals surface area contributed by atoms with Gasteiger partial charge in [0, 0.05) is 8.59 Å². The Morgan fingerprint density at radius 1 is 1.19 bits per heavy atom. The molecular weight excluding hydrogens is 432 g/mol. The van der Waals surface area contributed by atoms with E-state index in [2.05, 4.69) is 27.6 Å². The van der Waals surface area contributed by atoms with Crippen molar-refractivity contribution in [2.75, 3.05) is 0 Å². The first-order valence-electron chi connectivity index (χ1n) is 5.89. The number of hydrogen-bond donors (Lipinski definition) is 0. The van der Waals surface area contributed by atoms with E-state index < -0.39 is 11.6 Å². The van der Waals surface area contributed by atoms with Gasteiger partial charge in [-0.05, 0) is 52.9 Å². The van der Waals surface area contributed by atoms with Gasteiger partial charge in [0.05, 0.1) is 17.1 Å². The molecule has 0 bridgehead atoms. The second kappa shape index (κ2) is 5.70. The molecule has 1 aromatic heterocycles. The number of benzene rings is 2. The summed E-state index contributed by atoms with van der Waals surface area (Å²) in [4.78, 5) is 4.26. The third-order valence-corrected chi connectivity index (χ3v) is 4.39. The summed E-state index contributed by atoms with van der Waals surface area (Å²) < 4.78 is 30.1. The van der Waals surface area contributed by atoms with Crippen molar-refractivity contribution in [2.24, 2.45) is 0 Å². The van der Waals surface area contributed by atoms with Crippen LogP contribution in [0.5, 0.6) is 0 Å². The maximum Gasteiger partial charge on any atom is 0.185 e. The van der Waals surface area contributed by atoms with Crippen LogP contribution in [0.2, 0.25) is 5.02 Å². The quantitative estimate of drug-likeness (QED) is 0.392. The van der Waals surface area contributed by atoms with E-state index in [4.69, 9.17) is 23.2 Å². The fraction of sp³-hybridized carbons (Fsp3) is 0.0714. The highest BCUT2D eigenvalue weighted by atomic mass is 127. The Kier molecular flexibility index (Phi) is 4.07. The van der Waals surface area contributed by atoms with Crippen LogP contribution >= 0.6 is 45.8 Å². The number of alkyl halides is 1. The minimum Gasteiger partial charge on any atom is -0.291 e. The van der Waals surface area contributed by atoms with E-state index >= 15 is 0 Å². The summed E-state index contributed by atoms with van der Waals surface area (Å²) in [5, 5.41) is 0.562. The SMILES string of the molecule is Fc1ccc2nc(CCl)n(-c3ccc(Cl)cc3I)c2c1F. The zero-order valence-electron chi connectivity index (χ0n) is 10.4. The van der Waals surface area contributed by atoms with Crippen LogP contribution in [0.3, 0.4) is 0 Å². The first-order valence-corrected chi connectivity index (χ1v) is 7.88. The summed E-state index contributed by atoms with van der Waals surface area (Å²) in [7, 11) is 0. The van der Waals surface area contributed by atoms with Crippen molar-refractivity contribution in [3.05, 3.63) is 56.4 Å². The van der Waals surface area contributed by atoms with Crippen molar-refractivity contribution in [1.29, 1.82) is 0 Å². The van der Waals surface area contributed by atoms with E-state index in [0.717, 1.165) is 9.64 Å². The Morgan fingerprint density at radius 2 is 1.95 bits per heavy atom. The van der Waals surface area contributed by atoms with Crippen LogP contribution in [0.1, 0.15) is 5.82 Å². The Morgan fingerprint density at radius 3 is 2.62 bits per heavy atom. The minimum absolute atomic E-state index is 0.0749. The van der Waals surface area contributed by atoms with Gasteiger partial charge in [0.1, 0.15) is 11.3 Å². The predicted octanol–water partition coefficient (Wildman–Crippen LogP) is 5.30. The lowest BCUT2D eigenvalue weighted by molar-refractivity contribution is 0.514. The van der Waals surface area contributed by atoms with Gasteiger partial charge in [-0.2, -0.15) is 0 Å². The first-order chi connectivity index (χ1) is 10.0. The van der Waals surface area contributed by atoms with Crippen molar-refractivity contribution >= 4 is 56.8 Å². The van der Waals surface area contributed by atoms with Crippen LogP contribution in [0.4, 0.5) is 8.78 Å². The third-order valence-electron chi connectivity index (χ3n) is 3.05. The predicted molar refractivity (Wildman–Crippen MR) is 88.3 cm³/mol. The Hall–Kier alpha value is -0.920. The number of halogens is 5.